The van der Waals surface area contributed by atoms with Crippen LogP contribution in [0.25, 0.3) is 10.2 Å². The van der Waals surface area contributed by atoms with Crippen LogP contribution in [0.3, 0.4) is 0 Å². The van der Waals surface area contributed by atoms with Crippen LogP contribution in [0.4, 0.5) is 5.00 Å². The van der Waals surface area contributed by atoms with Crippen LogP contribution < -0.4 is 14.9 Å². The first kappa shape index (κ1) is 28.0. The minimum absolute atomic E-state index is 0.183. The Labute approximate surface area is 228 Å². The average molecular weight is 580 g/mol. The van der Waals surface area contributed by atoms with E-state index in [1.807, 2.05) is 23.6 Å². The van der Waals surface area contributed by atoms with E-state index in [0.717, 1.165) is 39.9 Å². The van der Waals surface area contributed by atoms with Crippen molar-refractivity contribution in [3.63, 3.8) is 0 Å². The summed E-state index contributed by atoms with van der Waals surface area (Å²) >= 11 is 2.52. The molecule has 10 nitrogen and oxygen atoms in total. The number of carbonyl (C=O) groups excluding carboxylic acids is 3. The zero-order valence-corrected chi connectivity index (χ0v) is 23.8. The van der Waals surface area contributed by atoms with Crippen molar-refractivity contribution in [2.24, 2.45) is 4.99 Å². The molecule has 0 bridgehead atoms. The van der Waals surface area contributed by atoms with Crippen molar-refractivity contribution in [1.29, 1.82) is 0 Å². The number of ether oxygens (including phenoxy) is 2. The highest BCUT2D eigenvalue weighted by atomic mass is 32.2. The molecule has 2 aromatic heterocycles. The van der Waals surface area contributed by atoms with Crippen LogP contribution in [0, 0.1) is 0 Å². The summed E-state index contributed by atoms with van der Waals surface area (Å²) in [6.45, 7) is 4.30. The lowest BCUT2D eigenvalue weighted by Crippen LogP contribution is -2.28. The van der Waals surface area contributed by atoms with Crippen LogP contribution in [-0.2, 0) is 43.5 Å². The highest BCUT2D eigenvalue weighted by Gasteiger charge is 2.28. The van der Waals surface area contributed by atoms with E-state index in [1.54, 1.807) is 20.1 Å². The van der Waals surface area contributed by atoms with Crippen LogP contribution in [-0.4, -0.2) is 56.0 Å². The molecule has 0 aliphatic heterocycles. The molecule has 2 amide bonds. The molecule has 0 saturated carbocycles. The van der Waals surface area contributed by atoms with Crippen molar-refractivity contribution in [1.82, 2.24) is 4.57 Å². The summed E-state index contributed by atoms with van der Waals surface area (Å²) in [5.74, 6) is -3.38. The van der Waals surface area contributed by atoms with E-state index in [4.69, 9.17) is 9.47 Å². The molecular formula is C25H29N3O7S3. The maximum Gasteiger partial charge on any atom is 0.341 e. The SMILES string of the molecule is CCOC(=O)c1c(NC(=O)CS(=O)(=O)CC(=O)N=c2sc3cc(OC)ccc3n2CC)sc2c1CCCC2. The van der Waals surface area contributed by atoms with Crippen molar-refractivity contribution in [2.75, 3.05) is 30.5 Å². The molecule has 38 heavy (non-hydrogen) atoms. The summed E-state index contributed by atoms with van der Waals surface area (Å²) in [5, 5.41) is 2.86. The molecule has 0 atom stereocenters. The first-order valence-electron chi connectivity index (χ1n) is 12.2. The largest absolute Gasteiger partial charge is 0.497 e. The zero-order chi connectivity index (χ0) is 27.4. The minimum atomic E-state index is -4.12. The van der Waals surface area contributed by atoms with E-state index in [1.165, 1.54) is 22.7 Å². The van der Waals surface area contributed by atoms with Crippen LogP contribution in [0.1, 0.15) is 47.5 Å². The van der Waals surface area contributed by atoms with Gasteiger partial charge in [-0.25, -0.2) is 13.2 Å². The molecule has 4 rings (SSSR count). The standard InChI is InChI=1S/C25H29N3O7S3/c1-4-28-17-11-10-15(34-3)12-19(17)37-25(28)27-21(30)14-38(32,33)13-20(29)26-23-22(24(31)35-5-2)16-8-6-7-9-18(16)36-23/h10-12H,4-9,13-14H2,1-3H3,(H,26,29). The predicted octanol–water partition coefficient (Wildman–Crippen LogP) is 3.33. The molecule has 0 saturated heterocycles. The van der Waals surface area contributed by atoms with Gasteiger partial charge in [-0.3, -0.25) is 9.59 Å². The monoisotopic (exact) mass is 579 g/mol. The number of aromatic nitrogens is 1. The third-order valence-electron chi connectivity index (χ3n) is 6.02. The number of methoxy groups -OCH3 is 1. The molecule has 0 spiro atoms. The molecule has 1 N–H and O–H groups in total. The third-order valence-corrected chi connectivity index (χ3v) is 9.66. The van der Waals surface area contributed by atoms with Crippen molar-refractivity contribution in [3.05, 3.63) is 39.0 Å². The summed E-state index contributed by atoms with van der Waals surface area (Å²) in [5.41, 5.74) is 2.01. The van der Waals surface area contributed by atoms with Gasteiger partial charge in [-0.05, 0) is 63.3 Å². The topological polar surface area (TPSA) is 133 Å². The Balaban J connectivity index is 1.50. The van der Waals surface area contributed by atoms with Crippen LogP contribution in [0.2, 0.25) is 0 Å². The Kier molecular flexibility index (Phi) is 8.68. The number of fused-ring (bicyclic) bond motifs is 2. The third kappa shape index (κ3) is 6.16. The van der Waals surface area contributed by atoms with Gasteiger partial charge in [0.15, 0.2) is 14.6 Å². The molecule has 3 aromatic rings. The number of nitrogens with zero attached hydrogens (tertiary/aromatic N) is 2. The Morgan fingerprint density at radius 2 is 1.87 bits per heavy atom. The number of aryl methyl sites for hydroxylation is 2. The van der Waals surface area contributed by atoms with Crippen LogP contribution in [0.5, 0.6) is 5.75 Å². The molecule has 13 heteroatoms. The fourth-order valence-electron chi connectivity index (χ4n) is 4.39. The Hall–Kier alpha value is -3.03. The molecule has 1 aromatic carbocycles. The van der Waals surface area contributed by atoms with Gasteiger partial charge in [0.2, 0.25) is 5.91 Å². The molecule has 0 unspecified atom stereocenters. The fraction of sp³-hybridized carbons (Fsp3) is 0.440. The molecule has 0 radical (unpaired) electrons. The number of esters is 1. The highest BCUT2D eigenvalue weighted by molar-refractivity contribution is 7.92. The van der Waals surface area contributed by atoms with E-state index in [-0.39, 0.29) is 11.6 Å². The second-order valence-electron chi connectivity index (χ2n) is 8.68. The first-order chi connectivity index (χ1) is 18.2. The van der Waals surface area contributed by atoms with Gasteiger partial charge in [0.25, 0.3) is 5.91 Å². The summed E-state index contributed by atoms with van der Waals surface area (Å²) in [6.07, 6.45) is 3.40. The number of amides is 2. The van der Waals surface area contributed by atoms with E-state index in [2.05, 4.69) is 10.3 Å². The lowest BCUT2D eigenvalue weighted by Gasteiger charge is -2.12. The van der Waals surface area contributed by atoms with Gasteiger partial charge >= 0.3 is 5.97 Å². The van der Waals surface area contributed by atoms with Gasteiger partial charge in [0, 0.05) is 11.4 Å². The van der Waals surface area contributed by atoms with Gasteiger partial charge in [-0.1, -0.05) is 11.3 Å². The Bertz CT molecular complexity index is 1560. The Morgan fingerprint density at radius 3 is 2.58 bits per heavy atom. The molecule has 0 fully saturated rings. The van der Waals surface area contributed by atoms with Crippen LogP contribution in [0.15, 0.2) is 23.2 Å². The number of nitrogens with one attached hydrogen (secondary N) is 1. The van der Waals surface area contributed by atoms with Gasteiger partial charge in [-0.15, -0.1) is 11.3 Å². The number of benzene rings is 1. The van der Waals surface area contributed by atoms with Gasteiger partial charge < -0.3 is 19.4 Å². The summed E-state index contributed by atoms with van der Waals surface area (Å²) in [6, 6.07) is 5.47. The summed E-state index contributed by atoms with van der Waals surface area (Å²) in [4.78, 5) is 43.3. The molecular weight excluding hydrogens is 550 g/mol. The predicted molar refractivity (Wildman–Crippen MR) is 147 cm³/mol. The second-order valence-corrected chi connectivity index (χ2v) is 12.9. The number of anilines is 1. The summed E-state index contributed by atoms with van der Waals surface area (Å²) < 4.78 is 38.5. The fourth-order valence-corrected chi connectivity index (χ4v) is 7.83. The molecule has 2 heterocycles. The van der Waals surface area contributed by atoms with Gasteiger partial charge in [0.1, 0.15) is 22.3 Å². The number of hydrogen-bond donors (Lipinski definition) is 1. The molecule has 204 valence electrons. The van der Waals surface area contributed by atoms with Crippen molar-refractivity contribution in [2.45, 2.75) is 46.1 Å². The molecule has 1 aliphatic rings. The molecule has 1 aliphatic carbocycles. The average Bonchev–Trinajstić information content (AvgIpc) is 3.39. The van der Waals surface area contributed by atoms with Crippen LogP contribution >= 0.6 is 22.7 Å². The minimum Gasteiger partial charge on any atom is -0.497 e. The number of carbonyl (C=O) groups is 3. The maximum absolute atomic E-state index is 12.7. The summed E-state index contributed by atoms with van der Waals surface area (Å²) in [7, 11) is -2.56. The normalized spacial score (nSPS) is 13.8. The maximum atomic E-state index is 12.7. The second kappa shape index (κ2) is 11.8. The van der Waals surface area contributed by atoms with Gasteiger partial charge in [0.05, 0.1) is 29.5 Å². The lowest BCUT2D eigenvalue weighted by atomic mass is 9.95. The van der Waals surface area contributed by atoms with E-state index >= 15 is 0 Å². The first-order valence-corrected chi connectivity index (χ1v) is 15.7. The number of hydrogen-bond acceptors (Lipinski definition) is 9. The highest BCUT2D eigenvalue weighted by Crippen LogP contribution is 2.38. The van der Waals surface area contributed by atoms with Crippen molar-refractivity contribution < 1.29 is 32.3 Å². The van der Waals surface area contributed by atoms with Crippen molar-refractivity contribution >= 4 is 65.5 Å². The van der Waals surface area contributed by atoms with Gasteiger partial charge in [-0.2, -0.15) is 4.99 Å². The number of sulfone groups is 1. The van der Waals surface area contributed by atoms with E-state index in [9.17, 15) is 22.8 Å². The number of thiazole rings is 1. The smallest absolute Gasteiger partial charge is 0.341 e. The zero-order valence-electron chi connectivity index (χ0n) is 21.4. The van der Waals surface area contributed by atoms with E-state index in [0.29, 0.717) is 29.1 Å². The quantitative estimate of drug-likeness (QED) is 0.385. The van der Waals surface area contributed by atoms with Crippen molar-refractivity contribution in [3.8, 4) is 5.75 Å². The van der Waals surface area contributed by atoms with E-state index < -0.39 is 39.1 Å². The Morgan fingerprint density at radius 1 is 1.11 bits per heavy atom. The number of thiophene rings is 1. The number of rotatable bonds is 9. The lowest BCUT2D eigenvalue weighted by molar-refractivity contribution is -0.115.